The zero-order valence-electron chi connectivity index (χ0n) is 27.0. The summed E-state index contributed by atoms with van der Waals surface area (Å²) < 4.78 is 18.7. The van der Waals surface area contributed by atoms with Gasteiger partial charge in [0.2, 0.25) is 11.8 Å². The largest absolute Gasteiger partial charge is 0.497 e. The summed E-state index contributed by atoms with van der Waals surface area (Å²) in [6.45, 7) is 8.49. The number of para-hydroxylation sites is 1. The first-order valence-electron chi connectivity index (χ1n) is 15.3. The molecule has 12 nitrogen and oxygen atoms in total. The van der Waals surface area contributed by atoms with Gasteiger partial charge in [-0.1, -0.05) is 18.2 Å². The number of rotatable bonds is 6. The van der Waals surface area contributed by atoms with Crippen molar-refractivity contribution in [2.24, 2.45) is 0 Å². The minimum atomic E-state index is -0.637. The minimum Gasteiger partial charge on any atom is -0.497 e. The van der Waals surface area contributed by atoms with Crippen molar-refractivity contribution in [2.45, 2.75) is 52.3 Å². The van der Waals surface area contributed by atoms with Gasteiger partial charge in [-0.3, -0.25) is 4.79 Å². The second-order valence-electron chi connectivity index (χ2n) is 12.4. The monoisotopic (exact) mass is 625 g/mol. The standard InChI is InChI=1S/C34H39N7O5/c1-21-36-26-12-11-23(44-5)18-29(26)41(21)20-30(42)40-16-15-39(33(43)46-34(2,3)4)14-13-28(40)31-35-19-27(37-31)24-17-22-9-7-8-10-25(22)38-32(24)45-6/h7-12,17-19,28H,13-16,20H2,1-6H3,(H,35,37). The number of carbonyl (C=O) groups is 2. The average Bonchev–Trinajstić information content (AvgIpc) is 3.55. The number of nitrogens with zero attached hydrogens (tertiary/aromatic N) is 6. The van der Waals surface area contributed by atoms with E-state index in [0.717, 1.165) is 33.3 Å². The van der Waals surface area contributed by atoms with E-state index in [1.807, 2.05) is 80.8 Å². The highest BCUT2D eigenvalue weighted by Gasteiger charge is 2.34. The number of fused-ring (bicyclic) bond motifs is 2. The zero-order valence-corrected chi connectivity index (χ0v) is 27.0. The molecule has 1 saturated heterocycles. The van der Waals surface area contributed by atoms with E-state index in [9.17, 15) is 9.59 Å². The van der Waals surface area contributed by atoms with Crippen molar-refractivity contribution in [1.29, 1.82) is 0 Å². The zero-order chi connectivity index (χ0) is 32.6. The number of pyridine rings is 1. The van der Waals surface area contributed by atoms with Crippen molar-refractivity contribution >= 4 is 33.9 Å². The van der Waals surface area contributed by atoms with Crippen LogP contribution in [0.2, 0.25) is 0 Å². The van der Waals surface area contributed by atoms with Gasteiger partial charge in [-0.05, 0) is 58.4 Å². The molecule has 0 radical (unpaired) electrons. The lowest BCUT2D eigenvalue weighted by Crippen LogP contribution is -2.41. The summed E-state index contributed by atoms with van der Waals surface area (Å²) in [6, 6.07) is 15.0. The molecule has 1 atom stereocenters. The number of carbonyl (C=O) groups excluding carboxylic acids is 2. The number of amides is 2. The van der Waals surface area contributed by atoms with E-state index in [1.165, 1.54) is 0 Å². The number of aryl methyl sites for hydroxylation is 1. The summed E-state index contributed by atoms with van der Waals surface area (Å²) in [5, 5.41) is 0.966. The summed E-state index contributed by atoms with van der Waals surface area (Å²) in [4.78, 5) is 48.3. The fraction of sp³-hybridized carbons (Fsp3) is 0.382. The molecule has 12 heteroatoms. The Balaban J connectivity index is 1.34. The number of nitrogens with one attached hydrogen (secondary N) is 1. The van der Waals surface area contributed by atoms with E-state index in [0.29, 0.717) is 49.2 Å². The molecule has 2 aromatic carbocycles. The van der Waals surface area contributed by atoms with Crippen molar-refractivity contribution in [3.8, 4) is 22.9 Å². The molecule has 1 N–H and O–H groups in total. The second kappa shape index (κ2) is 12.3. The highest BCUT2D eigenvalue weighted by atomic mass is 16.6. The van der Waals surface area contributed by atoms with Gasteiger partial charge in [0.1, 0.15) is 29.5 Å². The number of imidazole rings is 2. The maximum atomic E-state index is 14.2. The topological polar surface area (TPSA) is 128 Å². The van der Waals surface area contributed by atoms with E-state index in [-0.39, 0.29) is 12.5 Å². The molecule has 0 saturated carbocycles. The predicted molar refractivity (Wildman–Crippen MR) is 174 cm³/mol. The highest BCUT2D eigenvalue weighted by molar-refractivity contribution is 5.86. The summed E-state index contributed by atoms with van der Waals surface area (Å²) >= 11 is 0. The lowest BCUT2D eigenvalue weighted by atomic mass is 10.1. The molecule has 1 aliphatic rings. The van der Waals surface area contributed by atoms with Gasteiger partial charge in [-0.15, -0.1) is 0 Å². The molecular formula is C34H39N7O5. The number of methoxy groups -OCH3 is 2. The molecule has 0 spiro atoms. The molecular weight excluding hydrogens is 586 g/mol. The molecule has 1 fully saturated rings. The first-order chi connectivity index (χ1) is 22.0. The van der Waals surface area contributed by atoms with Crippen molar-refractivity contribution in [1.82, 2.24) is 34.3 Å². The van der Waals surface area contributed by atoms with Crippen LogP contribution in [0.1, 0.15) is 44.9 Å². The van der Waals surface area contributed by atoms with Crippen LogP contribution in [0.4, 0.5) is 4.79 Å². The Bertz CT molecular complexity index is 1910. The van der Waals surface area contributed by atoms with Crippen LogP contribution in [0.15, 0.2) is 54.7 Å². The van der Waals surface area contributed by atoms with Crippen LogP contribution in [0, 0.1) is 6.92 Å². The quantitative estimate of drug-likeness (QED) is 0.262. The molecule has 0 bridgehead atoms. The lowest BCUT2D eigenvalue weighted by molar-refractivity contribution is -0.134. The van der Waals surface area contributed by atoms with Crippen molar-refractivity contribution in [3.63, 3.8) is 0 Å². The summed E-state index contributed by atoms with van der Waals surface area (Å²) in [6.07, 6.45) is 1.79. The molecule has 1 unspecified atom stereocenters. The van der Waals surface area contributed by atoms with Gasteiger partial charge < -0.3 is 33.6 Å². The van der Waals surface area contributed by atoms with Crippen LogP contribution in [0.25, 0.3) is 33.2 Å². The van der Waals surface area contributed by atoms with E-state index >= 15 is 0 Å². The van der Waals surface area contributed by atoms with Crippen LogP contribution < -0.4 is 9.47 Å². The highest BCUT2D eigenvalue weighted by Crippen LogP contribution is 2.33. The van der Waals surface area contributed by atoms with Gasteiger partial charge >= 0.3 is 6.09 Å². The van der Waals surface area contributed by atoms with Crippen LogP contribution in [-0.4, -0.2) is 85.8 Å². The number of H-pyrrole nitrogens is 1. The van der Waals surface area contributed by atoms with Gasteiger partial charge in [0, 0.05) is 31.1 Å². The van der Waals surface area contributed by atoms with Crippen molar-refractivity contribution in [3.05, 3.63) is 66.4 Å². The summed E-state index contributed by atoms with van der Waals surface area (Å²) in [7, 11) is 3.20. The van der Waals surface area contributed by atoms with Gasteiger partial charge in [-0.2, -0.15) is 0 Å². The first kappa shape index (κ1) is 30.9. The van der Waals surface area contributed by atoms with E-state index in [1.54, 1.807) is 30.2 Å². The number of aromatic nitrogens is 5. The van der Waals surface area contributed by atoms with E-state index in [2.05, 4.69) is 15.0 Å². The lowest BCUT2D eigenvalue weighted by Gasteiger charge is -2.29. The Hall–Kier alpha value is -5.13. The fourth-order valence-corrected chi connectivity index (χ4v) is 5.89. The van der Waals surface area contributed by atoms with Crippen LogP contribution in [-0.2, 0) is 16.1 Å². The molecule has 0 aliphatic carbocycles. The Morgan fingerprint density at radius 1 is 0.978 bits per heavy atom. The van der Waals surface area contributed by atoms with Gasteiger partial charge in [-0.25, -0.2) is 19.7 Å². The molecule has 46 heavy (non-hydrogen) atoms. The van der Waals surface area contributed by atoms with E-state index < -0.39 is 17.7 Å². The maximum absolute atomic E-state index is 14.2. The normalized spacial score (nSPS) is 15.7. The van der Waals surface area contributed by atoms with Gasteiger partial charge in [0.15, 0.2) is 0 Å². The Morgan fingerprint density at radius 2 is 1.78 bits per heavy atom. The van der Waals surface area contributed by atoms with Crippen LogP contribution >= 0.6 is 0 Å². The minimum absolute atomic E-state index is 0.0639. The number of benzene rings is 2. The smallest absolute Gasteiger partial charge is 0.410 e. The number of aromatic amines is 1. The molecule has 3 aromatic heterocycles. The SMILES string of the molecule is COc1ccc2nc(C)n(CC(=O)N3CCN(C(=O)OC(C)(C)C)CCC3c3ncc(-c4cc5ccccc5nc4OC)[nH]3)c2c1. The average molecular weight is 626 g/mol. The molecule has 5 aromatic rings. The Kier molecular flexibility index (Phi) is 8.28. The van der Waals surface area contributed by atoms with Crippen molar-refractivity contribution < 1.29 is 23.8 Å². The molecule has 2 amide bonds. The van der Waals surface area contributed by atoms with E-state index in [4.69, 9.17) is 19.2 Å². The predicted octanol–water partition coefficient (Wildman–Crippen LogP) is 5.51. The fourth-order valence-electron chi connectivity index (χ4n) is 5.89. The number of hydrogen-bond donors (Lipinski definition) is 1. The number of ether oxygens (including phenoxy) is 3. The van der Waals surface area contributed by atoms with Gasteiger partial charge in [0.25, 0.3) is 0 Å². The van der Waals surface area contributed by atoms with Crippen molar-refractivity contribution in [2.75, 3.05) is 33.9 Å². The maximum Gasteiger partial charge on any atom is 0.410 e. The molecule has 1 aliphatic heterocycles. The Labute approximate surface area is 267 Å². The molecule has 4 heterocycles. The van der Waals surface area contributed by atoms with Crippen LogP contribution in [0.3, 0.4) is 0 Å². The number of hydrogen-bond acceptors (Lipinski definition) is 8. The first-order valence-corrected chi connectivity index (χ1v) is 15.3. The summed E-state index contributed by atoms with van der Waals surface area (Å²) in [5.74, 6) is 2.36. The van der Waals surface area contributed by atoms with Gasteiger partial charge in [0.05, 0.1) is 54.3 Å². The second-order valence-corrected chi connectivity index (χ2v) is 12.4. The summed E-state index contributed by atoms with van der Waals surface area (Å²) in [5.41, 5.74) is 3.25. The Morgan fingerprint density at radius 3 is 2.54 bits per heavy atom. The van der Waals surface area contributed by atoms with Crippen LogP contribution in [0.5, 0.6) is 11.6 Å². The third-order valence-electron chi connectivity index (χ3n) is 8.15. The third kappa shape index (κ3) is 6.19. The third-order valence-corrected chi connectivity index (χ3v) is 8.15. The molecule has 6 rings (SSSR count). The molecule has 240 valence electrons.